The first-order valence-electron chi connectivity index (χ1n) is 6.18. The number of rotatable bonds is 5. The molecule has 1 saturated heterocycles. The molecule has 2 rings (SSSR count). The second kappa shape index (κ2) is 5.71. The first kappa shape index (κ1) is 14.0. The van der Waals surface area contributed by atoms with Crippen LogP contribution in [-0.4, -0.2) is 41.1 Å². The number of sulfonamides is 1. The van der Waals surface area contributed by atoms with Crippen LogP contribution in [0.2, 0.25) is 0 Å². The number of hydrogen-bond donors (Lipinski definition) is 1. The highest BCUT2D eigenvalue weighted by Crippen LogP contribution is 2.25. The van der Waals surface area contributed by atoms with E-state index in [4.69, 9.17) is 0 Å². The first-order valence-corrected chi connectivity index (χ1v) is 8.74. The normalized spacial score (nSPS) is 21.6. The Morgan fingerprint density at radius 1 is 1.61 bits per heavy atom. The summed E-state index contributed by atoms with van der Waals surface area (Å²) in [6, 6.07) is 0. The molecule has 0 aliphatic carbocycles. The summed E-state index contributed by atoms with van der Waals surface area (Å²) in [6.07, 6.45) is 4.10. The molecule has 0 saturated carbocycles. The maximum Gasteiger partial charge on any atom is 0.260 e. The molecular weight excluding hydrogens is 318 g/mol. The number of aromatic amines is 1. The summed E-state index contributed by atoms with van der Waals surface area (Å²) in [5.74, 6) is 1.18. The Morgan fingerprint density at radius 2 is 2.39 bits per heavy atom. The molecule has 0 radical (unpaired) electrons. The molecule has 0 spiro atoms. The second-order valence-electron chi connectivity index (χ2n) is 4.54. The summed E-state index contributed by atoms with van der Waals surface area (Å²) < 4.78 is 26.3. The van der Waals surface area contributed by atoms with Gasteiger partial charge in [-0.05, 0) is 18.8 Å². The smallest absolute Gasteiger partial charge is 0.260 e. The first-order chi connectivity index (χ1) is 8.57. The van der Waals surface area contributed by atoms with Crippen molar-refractivity contribution in [3.05, 3.63) is 12.0 Å². The van der Waals surface area contributed by atoms with E-state index in [9.17, 15) is 8.42 Å². The van der Waals surface area contributed by atoms with Crippen molar-refractivity contribution in [2.45, 2.75) is 31.2 Å². The van der Waals surface area contributed by atoms with E-state index in [1.165, 1.54) is 6.20 Å². The molecule has 1 atom stereocenters. The van der Waals surface area contributed by atoms with E-state index in [1.54, 1.807) is 4.31 Å². The van der Waals surface area contributed by atoms with Crippen LogP contribution in [0.5, 0.6) is 0 Å². The van der Waals surface area contributed by atoms with Crippen LogP contribution < -0.4 is 0 Å². The molecule has 0 amide bonds. The second-order valence-corrected chi connectivity index (χ2v) is 7.24. The molecule has 0 aromatic carbocycles. The third kappa shape index (κ3) is 2.78. The third-order valence-corrected chi connectivity index (χ3v) is 5.56. The Hall–Kier alpha value is -0.400. The van der Waals surface area contributed by atoms with Gasteiger partial charge in [-0.3, -0.25) is 0 Å². The van der Waals surface area contributed by atoms with Crippen molar-refractivity contribution in [3.63, 3.8) is 0 Å². The number of H-pyrrole nitrogens is 1. The number of nitrogens with one attached hydrogen (secondary N) is 1. The quantitative estimate of drug-likeness (QED) is 0.834. The van der Waals surface area contributed by atoms with Crippen molar-refractivity contribution in [3.8, 4) is 0 Å². The number of alkyl halides is 1. The van der Waals surface area contributed by atoms with Crippen molar-refractivity contribution < 1.29 is 8.42 Å². The molecule has 1 aromatic heterocycles. The van der Waals surface area contributed by atoms with Gasteiger partial charge in [-0.15, -0.1) is 0 Å². The standard InChI is InChI=1S/C11H18BrN3O2S/c1-2-10-13-7-11(14-10)18(16,17)15-6-4-9(8-15)3-5-12/h7,9H,2-6,8H2,1H3,(H,13,14). The minimum Gasteiger partial charge on any atom is -0.332 e. The summed E-state index contributed by atoms with van der Waals surface area (Å²) in [5.41, 5.74) is 0. The fourth-order valence-electron chi connectivity index (χ4n) is 2.20. The lowest BCUT2D eigenvalue weighted by molar-refractivity contribution is 0.452. The zero-order valence-corrected chi connectivity index (χ0v) is 12.8. The molecular formula is C11H18BrN3O2S. The number of imidazole rings is 1. The van der Waals surface area contributed by atoms with Gasteiger partial charge in [0.1, 0.15) is 5.82 Å². The minimum absolute atomic E-state index is 0.221. The predicted octanol–water partition coefficient (Wildman–Crippen LogP) is 1.77. The lowest BCUT2D eigenvalue weighted by Crippen LogP contribution is -2.29. The molecule has 102 valence electrons. The molecule has 2 heterocycles. The highest BCUT2D eigenvalue weighted by Gasteiger charge is 2.33. The summed E-state index contributed by atoms with van der Waals surface area (Å²) in [6.45, 7) is 3.17. The van der Waals surface area contributed by atoms with E-state index in [2.05, 4.69) is 25.9 Å². The van der Waals surface area contributed by atoms with Gasteiger partial charge in [0, 0.05) is 24.8 Å². The minimum atomic E-state index is -3.38. The van der Waals surface area contributed by atoms with Gasteiger partial charge in [0.15, 0.2) is 5.03 Å². The maximum atomic E-state index is 12.4. The molecule has 5 nitrogen and oxygen atoms in total. The monoisotopic (exact) mass is 335 g/mol. The molecule has 1 fully saturated rings. The maximum absolute atomic E-state index is 12.4. The average molecular weight is 336 g/mol. The Labute approximate surface area is 116 Å². The van der Waals surface area contributed by atoms with Crippen LogP contribution in [0, 0.1) is 5.92 Å². The van der Waals surface area contributed by atoms with Crippen LogP contribution in [0.15, 0.2) is 11.2 Å². The Kier molecular flexibility index (Phi) is 4.45. The Bertz CT molecular complexity index is 500. The number of aryl methyl sites for hydroxylation is 1. The van der Waals surface area contributed by atoms with Crippen molar-refractivity contribution in [1.82, 2.24) is 14.3 Å². The van der Waals surface area contributed by atoms with Gasteiger partial charge in [0.2, 0.25) is 0 Å². The van der Waals surface area contributed by atoms with Crippen LogP contribution in [0.3, 0.4) is 0 Å². The zero-order chi connectivity index (χ0) is 13.2. The van der Waals surface area contributed by atoms with Gasteiger partial charge in [-0.25, -0.2) is 13.4 Å². The molecule has 0 bridgehead atoms. The van der Waals surface area contributed by atoms with Gasteiger partial charge in [0.25, 0.3) is 10.0 Å². The third-order valence-electron chi connectivity index (χ3n) is 3.32. The Morgan fingerprint density at radius 3 is 3.00 bits per heavy atom. The van der Waals surface area contributed by atoms with Crippen LogP contribution in [0.25, 0.3) is 0 Å². The highest BCUT2D eigenvalue weighted by atomic mass is 79.9. The summed E-state index contributed by atoms with van der Waals surface area (Å²) >= 11 is 3.40. The summed E-state index contributed by atoms with van der Waals surface area (Å²) in [4.78, 5) is 6.94. The number of nitrogens with zero attached hydrogens (tertiary/aromatic N) is 2. The molecule has 7 heteroatoms. The van der Waals surface area contributed by atoms with E-state index in [-0.39, 0.29) is 5.03 Å². The number of halogens is 1. The van der Waals surface area contributed by atoms with Crippen LogP contribution in [0.1, 0.15) is 25.6 Å². The van der Waals surface area contributed by atoms with Crippen molar-refractivity contribution >= 4 is 26.0 Å². The molecule has 1 aliphatic heterocycles. The van der Waals surface area contributed by atoms with E-state index < -0.39 is 10.0 Å². The fourth-order valence-corrected chi connectivity index (χ4v) is 4.31. The summed E-state index contributed by atoms with van der Waals surface area (Å²) in [7, 11) is -3.38. The SMILES string of the molecule is CCc1ncc(S(=O)(=O)N2CCC(CCBr)C2)[nH]1. The van der Waals surface area contributed by atoms with Crippen molar-refractivity contribution in [2.75, 3.05) is 18.4 Å². The van der Waals surface area contributed by atoms with Crippen LogP contribution in [-0.2, 0) is 16.4 Å². The zero-order valence-electron chi connectivity index (χ0n) is 10.4. The van der Waals surface area contributed by atoms with Crippen molar-refractivity contribution in [1.29, 1.82) is 0 Å². The Balaban J connectivity index is 2.12. The van der Waals surface area contributed by atoms with E-state index in [0.29, 0.717) is 31.3 Å². The van der Waals surface area contributed by atoms with Gasteiger partial charge in [-0.1, -0.05) is 22.9 Å². The summed E-state index contributed by atoms with van der Waals surface area (Å²) in [5, 5.41) is 1.15. The number of hydrogen-bond acceptors (Lipinski definition) is 3. The van der Waals surface area contributed by atoms with Gasteiger partial charge in [-0.2, -0.15) is 4.31 Å². The van der Waals surface area contributed by atoms with E-state index in [0.717, 1.165) is 18.2 Å². The van der Waals surface area contributed by atoms with Gasteiger partial charge in [0.05, 0.1) is 6.20 Å². The van der Waals surface area contributed by atoms with E-state index in [1.807, 2.05) is 6.92 Å². The predicted molar refractivity (Wildman–Crippen MR) is 73.2 cm³/mol. The lowest BCUT2D eigenvalue weighted by atomic mass is 10.1. The highest BCUT2D eigenvalue weighted by molar-refractivity contribution is 9.09. The fraction of sp³-hybridized carbons (Fsp3) is 0.727. The van der Waals surface area contributed by atoms with Gasteiger partial charge >= 0.3 is 0 Å². The number of aromatic nitrogens is 2. The average Bonchev–Trinajstić information content (AvgIpc) is 2.98. The largest absolute Gasteiger partial charge is 0.332 e. The van der Waals surface area contributed by atoms with Crippen LogP contribution >= 0.6 is 15.9 Å². The molecule has 1 aliphatic rings. The van der Waals surface area contributed by atoms with Crippen LogP contribution in [0.4, 0.5) is 0 Å². The van der Waals surface area contributed by atoms with Crippen molar-refractivity contribution in [2.24, 2.45) is 5.92 Å². The lowest BCUT2D eigenvalue weighted by Gasteiger charge is -2.14. The van der Waals surface area contributed by atoms with E-state index >= 15 is 0 Å². The van der Waals surface area contributed by atoms with Gasteiger partial charge < -0.3 is 4.98 Å². The topological polar surface area (TPSA) is 66.1 Å². The molecule has 1 N–H and O–H groups in total. The molecule has 18 heavy (non-hydrogen) atoms. The molecule has 1 unspecified atom stereocenters. The molecule has 1 aromatic rings.